The zero-order valence-corrected chi connectivity index (χ0v) is 9.66. The Kier molecular flexibility index (Phi) is 2.95. The zero-order valence-electron chi connectivity index (χ0n) is 9.66. The molecule has 1 saturated heterocycles. The molecule has 1 aliphatic rings. The van der Waals surface area contributed by atoms with Gasteiger partial charge in [-0.1, -0.05) is 6.92 Å². The van der Waals surface area contributed by atoms with Crippen LogP contribution >= 0.6 is 0 Å². The van der Waals surface area contributed by atoms with Crippen molar-refractivity contribution >= 4 is 11.5 Å². The van der Waals surface area contributed by atoms with E-state index in [9.17, 15) is 9.18 Å². The van der Waals surface area contributed by atoms with Crippen LogP contribution in [0.5, 0.6) is 0 Å². The van der Waals surface area contributed by atoms with Gasteiger partial charge in [-0.05, 0) is 30.7 Å². The molecule has 1 aromatic carbocycles. The van der Waals surface area contributed by atoms with Crippen LogP contribution in [0.4, 0.5) is 10.1 Å². The van der Waals surface area contributed by atoms with E-state index in [0.717, 1.165) is 24.3 Å². The molecule has 1 fully saturated rings. The highest BCUT2D eigenvalue weighted by Crippen LogP contribution is 2.25. The van der Waals surface area contributed by atoms with E-state index in [1.807, 2.05) is 13.8 Å². The van der Waals surface area contributed by atoms with Crippen molar-refractivity contribution in [2.45, 2.75) is 20.3 Å². The first-order valence-corrected chi connectivity index (χ1v) is 5.62. The lowest BCUT2D eigenvalue weighted by molar-refractivity contribution is -0.122. The minimum Gasteiger partial charge on any atom is -0.370 e. The van der Waals surface area contributed by atoms with Crippen LogP contribution in [-0.4, -0.2) is 18.9 Å². The lowest BCUT2D eigenvalue weighted by Gasteiger charge is -2.33. The van der Waals surface area contributed by atoms with Crippen LogP contribution in [-0.2, 0) is 4.79 Å². The van der Waals surface area contributed by atoms with E-state index in [-0.39, 0.29) is 11.7 Å². The number of hydrogen-bond acceptors (Lipinski definition) is 2. The van der Waals surface area contributed by atoms with Gasteiger partial charge in [0.1, 0.15) is 11.6 Å². The van der Waals surface area contributed by atoms with Gasteiger partial charge < -0.3 is 4.90 Å². The number of Topliss-reactive ketones (excluding diaryl/α,β-unsaturated/α-hetero) is 1. The molecule has 2 nitrogen and oxygen atoms in total. The van der Waals surface area contributed by atoms with Crippen molar-refractivity contribution in [3.05, 3.63) is 29.6 Å². The molecule has 1 aliphatic heterocycles. The van der Waals surface area contributed by atoms with Gasteiger partial charge in [0.2, 0.25) is 0 Å². The summed E-state index contributed by atoms with van der Waals surface area (Å²) in [5.74, 6) is 0.205. The Morgan fingerprint density at radius 1 is 1.44 bits per heavy atom. The number of ketones is 1. The van der Waals surface area contributed by atoms with Gasteiger partial charge in [-0.15, -0.1) is 0 Å². The van der Waals surface area contributed by atoms with Crippen LogP contribution in [0.1, 0.15) is 18.9 Å². The lowest BCUT2D eigenvalue weighted by Crippen LogP contribution is -2.39. The van der Waals surface area contributed by atoms with Crippen molar-refractivity contribution in [1.82, 2.24) is 0 Å². The van der Waals surface area contributed by atoms with Crippen LogP contribution in [0.15, 0.2) is 18.2 Å². The van der Waals surface area contributed by atoms with Gasteiger partial charge in [-0.2, -0.15) is 0 Å². The summed E-state index contributed by atoms with van der Waals surface area (Å²) in [6.45, 7) is 5.34. The van der Waals surface area contributed by atoms with Crippen molar-refractivity contribution in [1.29, 1.82) is 0 Å². The van der Waals surface area contributed by atoms with Crippen molar-refractivity contribution in [3.63, 3.8) is 0 Å². The number of hydrogen-bond donors (Lipinski definition) is 0. The van der Waals surface area contributed by atoms with Crippen LogP contribution in [0.25, 0.3) is 0 Å². The maximum atomic E-state index is 13.0. The molecule has 0 spiro atoms. The average Bonchev–Trinajstić information content (AvgIpc) is 2.22. The molecular formula is C13H16FNO. The second-order valence-electron chi connectivity index (χ2n) is 4.49. The highest BCUT2D eigenvalue weighted by molar-refractivity contribution is 5.83. The summed E-state index contributed by atoms with van der Waals surface area (Å²) in [6.07, 6.45) is 0.595. The molecule has 1 unspecified atom stereocenters. The summed E-state index contributed by atoms with van der Waals surface area (Å²) in [4.78, 5) is 13.6. The SMILES string of the molecule is Cc1cc(F)ccc1N1CCC(=O)C(C)C1. The van der Waals surface area contributed by atoms with Crippen LogP contribution in [0.2, 0.25) is 0 Å². The molecule has 16 heavy (non-hydrogen) atoms. The molecule has 0 aromatic heterocycles. The Labute approximate surface area is 95.1 Å². The number of anilines is 1. The molecule has 0 aliphatic carbocycles. The van der Waals surface area contributed by atoms with Gasteiger partial charge in [-0.25, -0.2) is 4.39 Å². The van der Waals surface area contributed by atoms with Gasteiger partial charge in [0, 0.05) is 31.1 Å². The number of halogens is 1. The van der Waals surface area contributed by atoms with Crippen molar-refractivity contribution < 1.29 is 9.18 Å². The molecule has 0 bridgehead atoms. The number of carbonyl (C=O) groups excluding carboxylic acids is 1. The average molecular weight is 221 g/mol. The first-order chi connectivity index (χ1) is 7.58. The summed E-state index contributed by atoms with van der Waals surface area (Å²) >= 11 is 0. The van der Waals surface area contributed by atoms with Gasteiger partial charge in [0.15, 0.2) is 0 Å². The summed E-state index contributed by atoms with van der Waals surface area (Å²) in [7, 11) is 0. The smallest absolute Gasteiger partial charge is 0.139 e. The molecule has 0 saturated carbocycles. The molecule has 0 N–H and O–H groups in total. The topological polar surface area (TPSA) is 20.3 Å². The van der Waals surface area contributed by atoms with E-state index in [1.54, 1.807) is 6.07 Å². The van der Waals surface area contributed by atoms with Crippen molar-refractivity contribution in [2.24, 2.45) is 5.92 Å². The van der Waals surface area contributed by atoms with Crippen molar-refractivity contribution in [2.75, 3.05) is 18.0 Å². The van der Waals surface area contributed by atoms with Crippen LogP contribution in [0, 0.1) is 18.7 Å². The van der Waals surface area contributed by atoms with E-state index in [4.69, 9.17) is 0 Å². The van der Waals surface area contributed by atoms with Gasteiger partial charge in [-0.3, -0.25) is 4.79 Å². The Morgan fingerprint density at radius 2 is 2.19 bits per heavy atom. The third-order valence-corrected chi connectivity index (χ3v) is 3.17. The van der Waals surface area contributed by atoms with E-state index >= 15 is 0 Å². The summed E-state index contributed by atoms with van der Waals surface area (Å²) in [5.41, 5.74) is 1.97. The predicted molar refractivity (Wildman–Crippen MR) is 62.1 cm³/mol. The number of piperidine rings is 1. The minimum atomic E-state index is -0.206. The van der Waals surface area contributed by atoms with E-state index < -0.39 is 0 Å². The molecule has 1 heterocycles. The molecule has 1 atom stereocenters. The zero-order chi connectivity index (χ0) is 11.7. The van der Waals surface area contributed by atoms with Gasteiger partial charge in [0.05, 0.1) is 0 Å². The summed E-state index contributed by atoms with van der Waals surface area (Å²) < 4.78 is 13.0. The Balaban J connectivity index is 2.21. The normalized spacial score (nSPS) is 21.3. The van der Waals surface area contributed by atoms with E-state index in [1.165, 1.54) is 12.1 Å². The molecule has 1 aromatic rings. The highest BCUT2D eigenvalue weighted by Gasteiger charge is 2.24. The second kappa shape index (κ2) is 4.24. The lowest BCUT2D eigenvalue weighted by atomic mass is 9.97. The number of rotatable bonds is 1. The highest BCUT2D eigenvalue weighted by atomic mass is 19.1. The summed E-state index contributed by atoms with van der Waals surface area (Å²) in [6, 6.07) is 4.81. The molecule has 2 rings (SSSR count). The Morgan fingerprint density at radius 3 is 2.81 bits per heavy atom. The fourth-order valence-corrected chi connectivity index (χ4v) is 2.21. The van der Waals surface area contributed by atoms with Crippen molar-refractivity contribution in [3.8, 4) is 0 Å². The molecule has 0 radical (unpaired) electrons. The molecule has 3 heteroatoms. The van der Waals surface area contributed by atoms with Crippen LogP contribution in [0.3, 0.4) is 0 Å². The first-order valence-electron chi connectivity index (χ1n) is 5.62. The first kappa shape index (κ1) is 11.1. The molecule has 86 valence electrons. The third-order valence-electron chi connectivity index (χ3n) is 3.17. The second-order valence-corrected chi connectivity index (χ2v) is 4.49. The maximum Gasteiger partial charge on any atom is 0.139 e. The molecule has 0 amide bonds. The van der Waals surface area contributed by atoms with E-state index in [0.29, 0.717) is 12.2 Å². The van der Waals surface area contributed by atoms with Gasteiger partial charge in [0.25, 0.3) is 0 Å². The van der Waals surface area contributed by atoms with Gasteiger partial charge >= 0.3 is 0 Å². The Bertz CT molecular complexity index is 416. The maximum absolute atomic E-state index is 13.0. The fourth-order valence-electron chi connectivity index (χ4n) is 2.21. The number of aryl methyl sites for hydroxylation is 1. The minimum absolute atomic E-state index is 0.0817. The number of benzene rings is 1. The standard InChI is InChI=1S/C13H16FNO/c1-9-7-11(14)3-4-12(9)15-6-5-13(16)10(2)8-15/h3-4,7,10H,5-6,8H2,1-2H3. The summed E-state index contributed by atoms with van der Waals surface area (Å²) in [5, 5.41) is 0. The van der Waals surface area contributed by atoms with E-state index in [2.05, 4.69) is 4.90 Å². The predicted octanol–water partition coefficient (Wildman–Crippen LogP) is 2.55. The third kappa shape index (κ3) is 2.08. The quantitative estimate of drug-likeness (QED) is 0.726. The number of nitrogens with zero attached hydrogens (tertiary/aromatic N) is 1. The fraction of sp³-hybridized carbons (Fsp3) is 0.462. The number of carbonyl (C=O) groups is 1. The molecular weight excluding hydrogens is 205 g/mol. The Hall–Kier alpha value is -1.38. The largest absolute Gasteiger partial charge is 0.370 e. The monoisotopic (exact) mass is 221 g/mol. The van der Waals surface area contributed by atoms with Crippen LogP contribution < -0.4 is 4.90 Å².